The van der Waals surface area contributed by atoms with Crippen LogP contribution in [0.2, 0.25) is 5.02 Å². The molecule has 0 radical (unpaired) electrons. The predicted octanol–water partition coefficient (Wildman–Crippen LogP) is 25.3. The SMILES string of the molecule is CC1(C)c2cc(-c3nc(-c4ccccc4)nc(-c4ccccc4)n3)ccc2-c2ccc(-n3c4ccccc4c4ccc5c(ccn5-c5ccccc5)c43)cc21.CC1(C)c2cc(Cl)ccc2-c2ccc(-c3nc(-c4ccccc4)nc(-c4ccccc4)n3)cc21.c1ccc(-n2ccc3c4[nH]c5ccccc5c4ccc32)cc1. The van der Waals surface area contributed by atoms with E-state index in [1.165, 1.54) is 116 Å². The fraction of sp³-hybridized carbons (Fsp3) is 0.0600. The Morgan fingerprint density at radius 1 is 0.270 bits per heavy atom. The summed E-state index contributed by atoms with van der Waals surface area (Å²) in [4.78, 5) is 33.2. The second kappa shape index (κ2) is 26.8. The number of benzene rings is 14. The summed E-state index contributed by atoms with van der Waals surface area (Å²) in [6.07, 6.45) is 4.34. The van der Waals surface area contributed by atoms with Gasteiger partial charge in [0.05, 0.1) is 27.6 Å². The molecule has 0 saturated heterocycles. The van der Waals surface area contributed by atoms with Crippen molar-refractivity contribution >= 4 is 77.0 Å². The minimum Gasteiger partial charge on any atom is -0.354 e. The predicted molar refractivity (Wildman–Crippen MR) is 456 cm³/mol. The Balaban J connectivity index is 0.000000121. The maximum Gasteiger partial charge on any atom is 0.164 e. The van der Waals surface area contributed by atoms with E-state index in [1.807, 2.05) is 109 Å². The summed E-state index contributed by atoms with van der Waals surface area (Å²) in [5, 5.41) is 8.33. The quantitative estimate of drug-likeness (QED) is 0.154. The second-order valence-corrected chi connectivity index (χ2v) is 30.1. The number of hydrogen-bond donors (Lipinski definition) is 1. The Bertz CT molecular complexity index is 6890. The van der Waals surface area contributed by atoms with Crippen molar-refractivity contribution < 1.29 is 0 Å². The highest BCUT2D eigenvalue weighted by Gasteiger charge is 2.38. The van der Waals surface area contributed by atoms with Gasteiger partial charge in [-0.2, -0.15) is 0 Å². The third-order valence-corrected chi connectivity index (χ3v) is 22.6. The molecule has 22 rings (SSSR count). The molecule has 2 aliphatic carbocycles. The topological polar surface area (TPSA) is 108 Å². The lowest BCUT2D eigenvalue weighted by molar-refractivity contribution is 0.660. The Morgan fingerprint density at radius 3 is 1.14 bits per heavy atom. The van der Waals surface area contributed by atoms with Crippen LogP contribution in [0.25, 0.3) is 173 Å². The molecular formula is C100H71ClN10. The molecule has 0 amide bonds. The zero-order valence-electron chi connectivity index (χ0n) is 61.4. The van der Waals surface area contributed by atoms with E-state index in [1.54, 1.807) is 0 Å². The Kier molecular flexibility index (Phi) is 16.0. The van der Waals surface area contributed by atoms with Gasteiger partial charge in [-0.1, -0.05) is 282 Å². The third-order valence-electron chi connectivity index (χ3n) is 22.4. The van der Waals surface area contributed by atoms with Crippen LogP contribution in [0.5, 0.6) is 0 Å². The molecule has 2 aliphatic rings. The fourth-order valence-corrected chi connectivity index (χ4v) is 17.0. The first-order valence-corrected chi connectivity index (χ1v) is 38.0. The van der Waals surface area contributed by atoms with Crippen LogP contribution in [0, 0.1) is 0 Å². The summed E-state index contributed by atoms with van der Waals surface area (Å²) >= 11 is 6.35. The molecular weight excluding hydrogens is 1380 g/mol. The first-order chi connectivity index (χ1) is 54.4. The Labute approximate surface area is 647 Å². The lowest BCUT2D eigenvalue weighted by Gasteiger charge is -2.23. The molecule has 111 heavy (non-hydrogen) atoms. The van der Waals surface area contributed by atoms with Crippen LogP contribution in [0.3, 0.4) is 0 Å². The number of aromatic amines is 1. The van der Waals surface area contributed by atoms with E-state index in [-0.39, 0.29) is 10.8 Å². The van der Waals surface area contributed by atoms with Crippen LogP contribution < -0.4 is 0 Å². The van der Waals surface area contributed by atoms with Crippen molar-refractivity contribution in [2.75, 3.05) is 0 Å². The van der Waals surface area contributed by atoms with E-state index >= 15 is 0 Å². The Morgan fingerprint density at radius 2 is 0.649 bits per heavy atom. The van der Waals surface area contributed by atoms with Crippen molar-refractivity contribution in [2.45, 2.75) is 38.5 Å². The van der Waals surface area contributed by atoms with Crippen molar-refractivity contribution in [3.05, 3.63) is 379 Å². The number of nitrogens with one attached hydrogen (secondary N) is 1. The maximum atomic E-state index is 6.35. The standard InChI is InChI=1S/C50H35N5.C30H22ClN3.C20H14N2/c1-50(2)42-30-34(49-52-47(32-14-6-3-7-15-32)51-48(53-49)33-16-8-4-9-17-33)22-24-37(42)38-25-23-36(31-43(38)50)55-45-21-13-12-20-39(45)40-26-27-44-41(46(40)55)28-29-54(44)35-18-10-5-11-19-35;1-30(2)25-17-21(13-15-23(25)24-16-14-22(31)18-26(24)30)29-33-27(19-9-5-3-6-10-19)32-28(34-29)20-11-7-4-8-12-20;1-2-6-14(7-3-1)22-13-12-17-19(22)11-10-16-15-8-4-5-9-18(15)21-20(16)17/h3-31H,1-2H3;3-18H,1-2H3;1-13,21H. The number of rotatable bonds is 9. The molecule has 10 nitrogen and oxygen atoms in total. The average Bonchev–Trinajstić information content (AvgIpc) is 1.56. The number of fused-ring (bicyclic) bond motifs is 16. The van der Waals surface area contributed by atoms with Gasteiger partial charge in [0.1, 0.15) is 0 Å². The molecule has 0 spiro atoms. The minimum atomic E-state index is -0.265. The smallest absolute Gasteiger partial charge is 0.164 e. The summed E-state index contributed by atoms with van der Waals surface area (Å²) < 4.78 is 6.99. The second-order valence-electron chi connectivity index (χ2n) is 29.6. The van der Waals surface area contributed by atoms with Crippen molar-refractivity contribution in [3.8, 4) is 108 Å². The van der Waals surface area contributed by atoms with Gasteiger partial charge in [-0.25, -0.2) is 29.9 Å². The summed E-state index contributed by atoms with van der Waals surface area (Å²) in [7, 11) is 0. The van der Waals surface area contributed by atoms with E-state index in [9.17, 15) is 0 Å². The number of nitrogens with zero attached hydrogens (tertiary/aromatic N) is 9. The zero-order chi connectivity index (χ0) is 74.5. The number of H-pyrrole nitrogens is 1. The molecule has 0 fully saturated rings. The van der Waals surface area contributed by atoms with Crippen molar-refractivity contribution in [3.63, 3.8) is 0 Å². The van der Waals surface area contributed by atoms with Gasteiger partial charge in [0.25, 0.3) is 0 Å². The molecule has 0 unspecified atom stereocenters. The molecule has 528 valence electrons. The molecule has 6 heterocycles. The molecule has 6 aromatic heterocycles. The fourth-order valence-electron chi connectivity index (χ4n) is 16.8. The lowest BCUT2D eigenvalue weighted by atomic mass is 9.81. The van der Waals surface area contributed by atoms with E-state index < -0.39 is 0 Å². The van der Waals surface area contributed by atoms with Crippen LogP contribution in [0.15, 0.2) is 352 Å². The van der Waals surface area contributed by atoms with Gasteiger partial charge in [0.2, 0.25) is 0 Å². The molecule has 20 aromatic rings. The maximum absolute atomic E-state index is 6.35. The van der Waals surface area contributed by atoms with Gasteiger partial charge in [0, 0.05) is 117 Å². The summed E-state index contributed by atoms with van der Waals surface area (Å²) in [6.45, 7) is 9.17. The molecule has 14 aromatic carbocycles. The number of para-hydroxylation sites is 4. The highest BCUT2D eigenvalue weighted by Crippen LogP contribution is 2.53. The molecule has 0 saturated carbocycles. The number of hydrogen-bond acceptors (Lipinski definition) is 6. The van der Waals surface area contributed by atoms with Gasteiger partial charge >= 0.3 is 0 Å². The van der Waals surface area contributed by atoms with E-state index in [2.05, 4.69) is 289 Å². The van der Waals surface area contributed by atoms with Gasteiger partial charge in [-0.05, 0) is 142 Å². The molecule has 0 bridgehead atoms. The van der Waals surface area contributed by atoms with Crippen LogP contribution in [-0.4, -0.2) is 48.6 Å². The first-order valence-electron chi connectivity index (χ1n) is 37.6. The Hall–Kier alpha value is -13.9. The summed E-state index contributed by atoms with van der Waals surface area (Å²) in [5.74, 6) is 3.99. The largest absolute Gasteiger partial charge is 0.354 e. The molecule has 0 aliphatic heterocycles. The first kappa shape index (κ1) is 66.5. The van der Waals surface area contributed by atoms with Crippen LogP contribution in [-0.2, 0) is 10.8 Å². The van der Waals surface area contributed by atoms with Gasteiger partial charge in [0.15, 0.2) is 34.9 Å². The number of aromatic nitrogens is 10. The van der Waals surface area contributed by atoms with Gasteiger partial charge in [-0.15, -0.1) is 0 Å². The van der Waals surface area contributed by atoms with Crippen molar-refractivity contribution in [1.82, 2.24) is 48.6 Å². The van der Waals surface area contributed by atoms with E-state index in [4.69, 9.17) is 41.5 Å². The van der Waals surface area contributed by atoms with Crippen LogP contribution in [0.1, 0.15) is 49.9 Å². The molecule has 11 heteroatoms. The highest BCUT2D eigenvalue weighted by atomic mass is 35.5. The van der Waals surface area contributed by atoms with Gasteiger partial charge < -0.3 is 18.7 Å². The average molecular weight is 1450 g/mol. The minimum absolute atomic E-state index is 0.164. The third kappa shape index (κ3) is 11.5. The molecule has 0 atom stereocenters. The van der Waals surface area contributed by atoms with E-state index in [0.717, 1.165) is 49.8 Å². The lowest BCUT2D eigenvalue weighted by Crippen LogP contribution is -2.15. The van der Waals surface area contributed by atoms with Crippen molar-refractivity contribution in [1.29, 1.82) is 0 Å². The number of halogens is 1. The van der Waals surface area contributed by atoms with Crippen LogP contribution >= 0.6 is 11.6 Å². The normalized spacial score (nSPS) is 12.9. The summed E-state index contributed by atoms with van der Waals surface area (Å²) in [5.41, 5.74) is 26.2. The van der Waals surface area contributed by atoms with Crippen molar-refractivity contribution in [2.24, 2.45) is 0 Å². The van der Waals surface area contributed by atoms with Gasteiger partial charge in [-0.3, -0.25) is 0 Å². The monoisotopic (exact) mass is 1450 g/mol. The van der Waals surface area contributed by atoms with E-state index in [0.29, 0.717) is 34.9 Å². The van der Waals surface area contributed by atoms with Crippen LogP contribution in [0.4, 0.5) is 0 Å². The zero-order valence-corrected chi connectivity index (χ0v) is 62.1. The molecule has 1 N–H and O–H groups in total. The summed E-state index contributed by atoms with van der Waals surface area (Å²) in [6, 6.07) is 119. The highest BCUT2D eigenvalue weighted by molar-refractivity contribution is 6.31.